The van der Waals surface area contributed by atoms with Gasteiger partial charge in [-0.25, -0.2) is 4.79 Å². The first kappa shape index (κ1) is 34.6. The minimum Gasteiger partial charge on any atom is -0.427 e. The second kappa shape index (κ2) is 17.3. The average Bonchev–Trinajstić information content (AvgIpc) is 2.90. The molecule has 0 radical (unpaired) electrons. The number of rotatable bonds is 15. The van der Waals surface area contributed by atoms with Gasteiger partial charge in [-0.2, -0.15) is 0 Å². The van der Waals surface area contributed by atoms with Crippen LogP contribution in [0.4, 0.5) is 0 Å². The molecule has 39 heavy (non-hydrogen) atoms. The molecule has 1 rings (SSSR count). The van der Waals surface area contributed by atoms with Crippen molar-refractivity contribution in [2.24, 2.45) is 5.92 Å². The van der Waals surface area contributed by atoms with Gasteiger partial charge in [0.2, 0.25) is 0 Å². The van der Waals surface area contributed by atoms with Crippen LogP contribution in [-0.4, -0.2) is 33.6 Å². The van der Waals surface area contributed by atoms with E-state index in [1.165, 1.54) is 11.1 Å². The van der Waals surface area contributed by atoms with Gasteiger partial charge in [0.25, 0.3) is 0 Å². The van der Waals surface area contributed by atoms with E-state index in [-0.39, 0.29) is 17.5 Å². The lowest BCUT2D eigenvalue weighted by Crippen LogP contribution is -2.29. The molecular formula is C34H52O5. The number of hydrogen-bond donors (Lipinski definition) is 3. The Morgan fingerprint density at radius 3 is 2.18 bits per heavy atom. The largest absolute Gasteiger partial charge is 0.427 e. The molecule has 5 heteroatoms. The maximum absolute atomic E-state index is 12.2. The predicted molar refractivity (Wildman–Crippen MR) is 163 cm³/mol. The first-order valence-corrected chi connectivity index (χ1v) is 14.3. The molecule has 0 fully saturated rings. The van der Waals surface area contributed by atoms with E-state index >= 15 is 0 Å². The van der Waals surface area contributed by atoms with Crippen molar-refractivity contribution in [2.75, 3.05) is 0 Å². The Morgan fingerprint density at radius 2 is 1.59 bits per heavy atom. The fourth-order valence-corrected chi connectivity index (χ4v) is 4.60. The van der Waals surface area contributed by atoms with E-state index in [1.807, 2.05) is 72.8 Å². The molecule has 1 aromatic heterocycles. The van der Waals surface area contributed by atoms with Crippen LogP contribution in [-0.2, 0) is 6.42 Å². The van der Waals surface area contributed by atoms with E-state index in [2.05, 4.69) is 26.0 Å². The van der Waals surface area contributed by atoms with Crippen molar-refractivity contribution in [1.29, 1.82) is 0 Å². The van der Waals surface area contributed by atoms with Crippen LogP contribution in [0, 0.1) is 5.92 Å². The van der Waals surface area contributed by atoms with Gasteiger partial charge in [0, 0.05) is 17.4 Å². The number of aliphatic hydroxyl groups excluding tert-OH is 3. The van der Waals surface area contributed by atoms with Crippen molar-refractivity contribution in [3.8, 4) is 0 Å². The fraction of sp³-hybridized carbons (Fsp3) is 0.559. The summed E-state index contributed by atoms with van der Waals surface area (Å²) < 4.78 is 5.49. The van der Waals surface area contributed by atoms with Gasteiger partial charge < -0.3 is 19.7 Å². The number of hydrogen-bond acceptors (Lipinski definition) is 5. The molecule has 0 aliphatic rings. The minimum atomic E-state index is -0.727. The van der Waals surface area contributed by atoms with Crippen molar-refractivity contribution in [3.63, 3.8) is 0 Å². The van der Waals surface area contributed by atoms with Crippen molar-refractivity contribution >= 4 is 0 Å². The van der Waals surface area contributed by atoms with E-state index < -0.39 is 18.3 Å². The smallest absolute Gasteiger partial charge is 0.339 e. The van der Waals surface area contributed by atoms with Crippen LogP contribution >= 0.6 is 0 Å². The molecule has 1 heterocycles. The van der Waals surface area contributed by atoms with Gasteiger partial charge >= 0.3 is 5.63 Å². The van der Waals surface area contributed by atoms with Gasteiger partial charge in [-0.3, -0.25) is 0 Å². The maximum Gasteiger partial charge on any atom is 0.339 e. The highest BCUT2D eigenvalue weighted by Crippen LogP contribution is 2.24. The highest BCUT2D eigenvalue weighted by molar-refractivity contribution is 5.25. The Bertz CT molecular complexity index is 1110. The number of aliphatic hydroxyl groups is 3. The van der Waals surface area contributed by atoms with Crippen molar-refractivity contribution in [3.05, 3.63) is 92.1 Å². The van der Waals surface area contributed by atoms with E-state index in [4.69, 9.17) is 4.42 Å². The summed E-state index contributed by atoms with van der Waals surface area (Å²) in [5, 5.41) is 31.6. The Labute approximate surface area is 236 Å². The first-order valence-electron chi connectivity index (χ1n) is 14.3. The molecule has 0 aliphatic heterocycles. The molecule has 0 aliphatic carbocycles. The Balaban J connectivity index is 2.70. The molecule has 0 aromatic carbocycles. The van der Waals surface area contributed by atoms with Gasteiger partial charge in [-0.15, -0.1) is 0 Å². The van der Waals surface area contributed by atoms with Gasteiger partial charge in [0.05, 0.1) is 18.3 Å². The van der Waals surface area contributed by atoms with Crippen LogP contribution in [0.2, 0.25) is 0 Å². The molecule has 0 saturated heterocycles. The molecule has 0 unspecified atom stereocenters. The lowest BCUT2D eigenvalue weighted by Gasteiger charge is -2.24. The molecule has 0 amide bonds. The molecule has 5 nitrogen and oxygen atoms in total. The van der Waals surface area contributed by atoms with Gasteiger partial charge in [-0.05, 0) is 90.5 Å². The standard InChI is InChI=1S/C34H52O5/c1-10-13-29-17-19-31(39-34(29)38)28(9)33(37)26(7)15-12-14-22(3)20-24(5)21-23(4)16-18-30(35)27(8)32(36)25(6)11-2/h11,14-17,19,21,27-28,30,32-33,35-37H,10,12-13,18,20H2,1-9H3/b22-14+,23-16+,24-21+,25-11+,26-15+/t27-,28+,30-,32-,33-/m0/s1. The van der Waals surface area contributed by atoms with Crippen LogP contribution in [0.15, 0.2) is 79.6 Å². The normalized spacial score (nSPS) is 18.1. The zero-order chi connectivity index (χ0) is 29.7. The topological polar surface area (TPSA) is 90.9 Å². The molecule has 0 saturated carbocycles. The summed E-state index contributed by atoms with van der Waals surface area (Å²) >= 11 is 0. The van der Waals surface area contributed by atoms with Gasteiger partial charge in [0.1, 0.15) is 5.76 Å². The zero-order valence-corrected chi connectivity index (χ0v) is 25.6. The molecule has 5 atom stereocenters. The second-order valence-electron chi connectivity index (χ2n) is 11.1. The second-order valence-corrected chi connectivity index (χ2v) is 11.1. The monoisotopic (exact) mass is 540 g/mol. The molecule has 1 aromatic rings. The average molecular weight is 541 g/mol. The first-order chi connectivity index (χ1) is 18.3. The Morgan fingerprint density at radius 1 is 0.923 bits per heavy atom. The van der Waals surface area contributed by atoms with Crippen molar-refractivity contribution in [2.45, 2.75) is 119 Å². The third-order valence-corrected chi connectivity index (χ3v) is 7.48. The van der Waals surface area contributed by atoms with Gasteiger partial charge in [-0.1, -0.05) is 74.3 Å². The molecule has 3 N–H and O–H groups in total. The van der Waals surface area contributed by atoms with E-state index in [0.717, 1.165) is 29.6 Å². The van der Waals surface area contributed by atoms with Gasteiger partial charge in [0.15, 0.2) is 0 Å². The van der Waals surface area contributed by atoms with Crippen LogP contribution in [0.5, 0.6) is 0 Å². The summed E-state index contributed by atoms with van der Waals surface area (Å²) in [6.45, 7) is 17.7. The molecular weight excluding hydrogens is 488 g/mol. The summed E-state index contributed by atoms with van der Waals surface area (Å²) in [5.41, 5.74) is 5.63. The van der Waals surface area contributed by atoms with E-state index in [0.29, 0.717) is 30.6 Å². The predicted octanol–water partition coefficient (Wildman–Crippen LogP) is 7.34. The summed E-state index contributed by atoms with van der Waals surface area (Å²) in [6.07, 6.45) is 11.9. The van der Waals surface area contributed by atoms with Crippen LogP contribution < -0.4 is 5.63 Å². The van der Waals surface area contributed by atoms with Crippen molar-refractivity contribution in [1.82, 2.24) is 0 Å². The van der Waals surface area contributed by atoms with Crippen molar-refractivity contribution < 1.29 is 19.7 Å². The number of allylic oxidation sites excluding steroid dienone is 7. The molecule has 218 valence electrons. The lowest BCUT2D eigenvalue weighted by molar-refractivity contribution is 0.0415. The highest BCUT2D eigenvalue weighted by Gasteiger charge is 2.23. The van der Waals surface area contributed by atoms with E-state index in [9.17, 15) is 20.1 Å². The summed E-state index contributed by atoms with van der Waals surface area (Å²) in [4.78, 5) is 12.2. The molecule has 0 spiro atoms. The third kappa shape index (κ3) is 11.7. The number of aryl methyl sites for hydroxylation is 1. The minimum absolute atomic E-state index is 0.233. The Hall–Kier alpha value is -2.47. The molecule has 0 bridgehead atoms. The van der Waals surface area contributed by atoms with Crippen LogP contribution in [0.25, 0.3) is 0 Å². The lowest BCUT2D eigenvalue weighted by atomic mass is 9.91. The summed E-state index contributed by atoms with van der Waals surface area (Å²) in [5.74, 6) is -0.0444. The quantitative estimate of drug-likeness (QED) is 0.160. The Kier molecular flexibility index (Phi) is 15.3. The van der Waals surface area contributed by atoms with Crippen LogP contribution in [0.1, 0.15) is 105 Å². The van der Waals surface area contributed by atoms with Crippen LogP contribution in [0.3, 0.4) is 0 Å². The summed E-state index contributed by atoms with van der Waals surface area (Å²) in [7, 11) is 0. The SMILES string of the molecule is C/C=C(\C)[C@H](O)[C@@H](C)[C@@H](O)C/C=C(C)/C=C(\C)C/C(C)=C/C/C=C(\C)[C@H](O)[C@H](C)c1ccc(CCC)c(=O)o1. The fourth-order valence-electron chi connectivity index (χ4n) is 4.60. The maximum atomic E-state index is 12.2. The highest BCUT2D eigenvalue weighted by atomic mass is 16.4. The van der Waals surface area contributed by atoms with E-state index in [1.54, 1.807) is 6.07 Å². The third-order valence-electron chi connectivity index (χ3n) is 7.48. The zero-order valence-electron chi connectivity index (χ0n) is 25.6. The summed E-state index contributed by atoms with van der Waals surface area (Å²) in [6, 6.07) is 3.61.